The minimum atomic E-state index is -3.04. The summed E-state index contributed by atoms with van der Waals surface area (Å²) in [6.45, 7) is 0. The molecule has 0 saturated carbocycles. The molecule has 0 aromatic carbocycles. The van der Waals surface area contributed by atoms with E-state index in [9.17, 15) is 22.4 Å². The van der Waals surface area contributed by atoms with Crippen molar-refractivity contribution in [3.63, 3.8) is 0 Å². The highest BCUT2D eigenvalue weighted by Gasteiger charge is 2.30. The first kappa shape index (κ1) is 11.2. The summed E-state index contributed by atoms with van der Waals surface area (Å²) in [6, 6.07) is 0. The van der Waals surface area contributed by atoms with Crippen LogP contribution in [-0.4, -0.2) is 25.8 Å². The second-order valence-corrected chi connectivity index (χ2v) is 2.18. The fourth-order valence-electron chi connectivity index (χ4n) is 0.702. The van der Waals surface area contributed by atoms with Gasteiger partial charge in [0.05, 0.1) is 0 Å². The first-order valence-corrected chi connectivity index (χ1v) is 3.27. The van der Waals surface area contributed by atoms with Crippen molar-refractivity contribution in [2.45, 2.75) is 19.3 Å². The zero-order valence-electron chi connectivity index (χ0n) is 6.36. The van der Waals surface area contributed by atoms with Crippen molar-refractivity contribution in [2.24, 2.45) is 5.92 Å². The largest absolute Gasteiger partial charge is 0.359 e. The van der Waals surface area contributed by atoms with Crippen molar-refractivity contribution >= 4 is 5.91 Å². The summed E-state index contributed by atoms with van der Waals surface area (Å²) in [5, 5.41) is 1.90. The number of hydrogen-bond acceptors (Lipinski definition) is 1. The maximum Gasteiger partial charge on any atom is 0.250 e. The Bertz CT molecular complexity index is 150. The summed E-state index contributed by atoms with van der Waals surface area (Å²) < 4.78 is 47.1. The number of alkyl halides is 4. The molecule has 0 heterocycles. The maximum atomic E-state index is 11.9. The molecule has 1 N–H and O–H groups in total. The van der Waals surface area contributed by atoms with Gasteiger partial charge in [0, 0.05) is 13.5 Å². The first-order valence-electron chi connectivity index (χ1n) is 3.27. The Morgan fingerprint density at radius 2 is 1.83 bits per heavy atom. The van der Waals surface area contributed by atoms with Gasteiger partial charge in [-0.2, -0.15) is 0 Å². The summed E-state index contributed by atoms with van der Waals surface area (Å²) in [6.07, 6.45) is -7.03. The molecule has 6 heteroatoms. The number of halogens is 4. The Labute approximate surface area is 66.9 Å². The summed E-state index contributed by atoms with van der Waals surface area (Å²) in [5.74, 6) is -2.96. The van der Waals surface area contributed by atoms with E-state index in [1.165, 1.54) is 0 Å². The van der Waals surface area contributed by atoms with E-state index in [4.69, 9.17) is 0 Å². The van der Waals surface area contributed by atoms with Gasteiger partial charge in [-0.3, -0.25) is 4.79 Å². The third-order valence-corrected chi connectivity index (χ3v) is 1.32. The lowest BCUT2D eigenvalue weighted by atomic mass is 10.1. The third kappa shape index (κ3) is 3.54. The maximum absolute atomic E-state index is 11.9. The summed E-state index contributed by atoms with van der Waals surface area (Å²) >= 11 is 0. The fourth-order valence-corrected chi connectivity index (χ4v) is 0.702. The average Bonchev–Trinajstić information content (AvgIpc) is 1.98. The van der Waals surface area contributed by atoms with Crippen LogP contribution in [-0.2, 0) is 4.79 Å². The highest BCUT2D eigenvalue weighted by Crippen LogP contribution is 2.18. The van der Waals surface area contributed by atoms with Gasteiger partial charge in [0.25, 0.3) is 0 Å². The van der Waals surface area contributed by atoms with Gasteiger partial charge in [0.2, 0.25) is 18.8 Å². The monoisotopic (exact) mass is 187 g/mol. The van der Waals surface area contributed by atoms with Gasteiger partial charge in [-0.05, 0) is 0 Å². The Balaban J connectivity index is 4.13. The van der Waals surface area contributed by atoms with Crippen LogP contribution in [0.25, 0.3) is 0 Å². The lowest BCUT2D eigenvalue weighted by Gasteiger charge is -2.12. The Morgan fingerprint density at radius 3 is 2.08 bits per heavy atom. The number of hydrogen-bond donors (Lipinski definition) is 1. The first-order chi connectivity index (χ1) is 5.49. The molecule has 1 unspecified atom stereocenters. The van der Waals surface area contributed by atoms with Gasteiger partial charge < -0.3 is 5.32 Å². The van der Waals surface area contributed by atoms with E-state index in [1.54, 1.807) is 0 Å². The minimum Gasteiger partial charge on any atom is -0.359 e. The van der Waals surface area contributed by atoms with Crippen LogP contribution in [0.15, 0.2) is 0 Å². The molecule has 0 radical (unpaired) electrons. The molecule has 0 saturated heterocycles. The van der Waals surface area contributed by atoms with Crippen molar-refractivity contribution < 1.29 is 22.4 Å². The van der Waals surface area contributed by atoms with Crippen LogP contribution in [0.2, 0.25) is 0 Å². The molecular formula is C6H9F4NO. The van der Waals surface area contributed by atoms with Crippen molar-refractivity contribution in [1.29, 1.82) is 0 Å². The van der Waals surface area contributed by atoms with Crippen molar-refractivity contribution in [3.8, 4) is 0 Å². The average molecular weight is 187 g/mol. The molecule has 1 atom stereocenters. The van der Waals surface area contributed by atoms with Crippen molar-refractivity contribution in [1.82, 2.24) is 5.32 Å². The van der Waals surface area contributed by atoms with Gasteiger partial charge in [0.15, 0.2) is 0 Å². The Morgan fingerprint density at radius 1 is 1.33 bits per heavy atom. The molecule has 0 bridgehead atoms. The summed E-state index contributed by atoms with van der Waals surface area (Å²) in [5.41, 5.74) is 0. The van der Waals surface area contributed by atoms with E-state index < -0.39 is 31.1 Å². The predicted octanol–water partition coefficient (Wildman–Crippen LogP) is 1.27. The molecule has 0 spiro atoms. The summed E-state index contributed by atoms with van der Waals surface area (Å²) in [4.78, 5) is 10.6. The van der Waals surface area contributed by atoms with Crippen LogP contribution in [0.4, 0.5) is 17.6 Å². The number of amides is 1. The van der Waals surface area contributed by atoms with Crippen LogP contribution in [0.1, 0.15) is 6.42 Å². The number of rotatable bonds is 4. The standard InChI is InChI=1S/C6H9F4NO/c1-11-6(12)3(5(9)10)2-4(7)8/h3-5H,2H2,1H3,(H,11,12). The van der Waals surface area contributed by atoms with Crippen LogP contribution < -0.4 is 5.32 Å². The fraction of sp³-hybridized carbons (Fsp3) is 0.833. The highest BCUT2D eigenvalue weighted by molar-refractivity contribution is 5.78. The molecule has 72 valence electrons. The normalized spacial score (nSPS) is 13.6. The molecule has 2 nitrogen and oxygen atoms in total. The van der Waals surface area contributed by atoms with Gasteiger partial charge in [0.1, 0.15) is 5.92 Å². The number of nitrogens with one attached hydrogen (secondary N) is 1. The van der Waals surface area contributed by atoms with Gasteiger partial charge in [-0.1, -0.05) is 0 Å². The molecular weight excluding hydrogens is 178 g/mol. The third-order valence-electron chi connectivity index (χ3n) is 1.32. The van der Waals surface area contributed by atoms with Crippen molar-refractivity contribution in [2.75, 3.05) is 7.05 Å². The topological polar surface area (TPSA) is 29.1 Å². The molecule has 0 aliphatic carbocycles. The lowest BCUT2D eigenvalue weighted by molar-refractivity contribution is -0.131. The molecule has 1 amide bonds. The molecule has 0 aromatic rings. The smallest absolute Gasteiger partial charge is 0.250 e. The second-order valence-electron chi connectivity index (χ2n) is 2.18. The van der Waals surface area contributed by atoms with Gasteiger partial charge >= 0.3 is 0 Å². The quantitative estimate of drug-likeness (QED) is 0.660. The Hall–Kier alpha value is -0.810. The molecule has 0 fully saturated rings. The van der Waals surface area contributed by atoms with E-state index in [2.05, 4.69) is 0 Å². The lowest BCUT2D eigenvalue weighted by Crippen LogP contribution is -2.33. The molecule has 12 heavy (non-hydrogen) atoms. The van der Waals surface area contributed by atoms with Crippen LogP contribution in [0.3, 0.4) is 0 Å². The summed E-state index contributed by atoms with van der Waals surface area (Å²) in [7, 11) is 1.13. The van der Waals surface area contributed by atoms with E-state index in [1.807, 2.05) is 5.32 Å². The van der Waals surface area contributed by atoms with E-state index in [0.29, 0.717) is 0 Å². The van der Waals surface area contributed by atoms with Gasteiger partial charge in [-0.25, -0.2) is 17.6 Å². The van der Waals surface area contributed by atoms with E-state index in [-0.39, 0.29) is 0 Å². The van der Waals surface area contributed by atoms with Crippen LogP contribution >= 0.6 is 0 Å². The van der Waals surface area contributed by atoms with Gasteiger partial charge in [-0.15, -0.1) is 0 Å². The molecule has 0 aromatic heterocycles. The SMILES string of the molecule is CNC(=O)C(CC(F)F)C(F)F. The van der Waals surface area contributed by atoms with Crippen LogP contribution in [0, 0.1) is 5.92 Å². The molecule has 0 aliphatic rings. The molecule has 0 aliphatic heterocycles. The zero-order valence-corrected chi connectivity index (χ0v) is 6.36. The number of carbonyl (C=O) groups excluding carboxylic acids is 1. The van der Waals surface area contributed by atoms with E-state index >= 15 is 0 Å². The Kier molecular flexibility index (Phi) is 4.61. The number of carbonyl (C=O) groups is 1. The second kappa shape index (κ2) is 4.95. The highest BCUT2D eigenvalue weighted by atomic mass is 19.3. The molecule has 0 rings (SSSR count). The van der Waals surface area contributed by atoms with Crippen LogP contribution in [0.5, 0.6) is 0 Å². The van der Waals surface area contributed by atoms with Crippen molar-refractivity contribution in [3.05, 3.63) is 0 Å². The zero-order chi connectivity index (χ0) is 9.72. The minimum absolute atomic E-state index is 1.05. The van der Waals surface area contributed by atoms with E-state index in [0.717, 1.165) is 7.05 Å². The predicted molar refractivity (Wildman–Crippen MR) is 34.2 cm³/mol.